The minimum absolute atomic E-state index is 0.00212. The van der Waals surface area contributed by atoms with Gasteiger partial charge in [-0.3, -0.25) is 4.79 Å². The van der Waals surface area contributed by atoms with Gasteiger partial charge in [-0.15, -0.1) is 0 Å². The molecule has 7 nitrogen and oxygen atoms in total. The molecular weight excluding hydrogens is 391 g/mol. The summed E-state index contributed by atoms with van der Waals surface area (Å²) in [4.78, 5) is 15.0. The molecule has 0 aromatic heterocycles. The Labute approximate surface area is 173 Å². The van der Waals surface area contributed by atoms with E-state index in [1.54, 1.807) is 4.90 Å². The summed E-state index contributed by atoms with van der Waals surface area (Å²) in [5, 5.41) is 0. The maximum absolute atomic E-state index is 13.2. The fraction of sp³-hybridized carbons (Fsp3) is 0.650. The van der Waals surface area contributed by atoms with E-state index in [0.29, 0.717) is 23.5 Å². The molecule has 1 saturated heterocycles. The topological polar surface area (TPSA) is 84.9 Å². The molecule has 9 heteroatoms. The number of amides is 1. The largest absolute Gasteiger partial charge is 0.494 e. The second-order valence-corrected chi connectivity index (χ2v) is 11.2. The molecule has 4 rings (SSSR count). The van der Waals surface area contributed by atoms with Crippen molar-refractivity contribution in [3.05, 3.63) is 23.3 Å². The van der Waals surface area contributed by atoms with Crippen molar-refractivity contribution in [2.45, 2.75) is 76.1 Å². The van der Waals surface area contributed by atoms with Gasteiger partial charge in [-0.25, -0.2) is 13.1 Å². The number of hydrogen-bond acceptors (Lipinski definition) is 5. The third-order valence-electron chi connectivity index (χ3n) is 6.90. The molecule has 2 aliphatic heterocycles. The van der Waals surface area contributed by atoms with Crippen molar-refractivity contribution in [2.75, 3.05) is 7.05 Å². The third kappa shape index (κ3) is 3.32. The molecule has 0 spiro atoms. The molecule has 1 aromatic carbocycles. The van der Waals surface area contributed by atoms with Gasteiger partial charge in [0.05, 0.1) is 21.7 Å². The monoisotopic (exact) mass is 420 g/mol. The van der Waals surface area contributed by atoms with Crippen LogP contribution in [-0.4, -0.2) is 50.6 Å². The second-order valence-electron chi connectivity index (χ2n) is 9.36. The quantitative estimate of drug-likeness (QED) is 0.733. The maximum atomic E-state index is 13.2. The summed E-state index contributed by atoms with van der Waals surface area (Å²) in [6, 6.07) is 3.49. The zero-order valence-corrected chi connectivity index (χ0v) is 18.7. The molecule has 2 fully saturated rings. The number of nitrogens with zero attached hydrogens (tertiary/aromatic N) is 1. The Bertz CT molecular complexity index is 955. The van der Waals surface area contributed by atoms with Gasteiger partial charge < -0.3 is 14.2 Å². The molecule has 0 unspecified atom stereocenters. The molecule has 1 aromatic rings. The van der Waals surface area contributed by atoms with Gasteiger partial charge in [0.15, 0.2) is 0 Å². The summed E-state index contributed by atoms with van der Waals surface area (Å²) in [7, 11) is -3.17. The molecular formula is C20H29BN2O5S. The molecule has 158 valence electrons. The first-order valence-corrected chi connectivity index (χ1v) is 11.6. The Balaban J connectivity index is 1.79. The average Bonchev–Trinajstić information content (AvgIpc) is 3.39. The number of nitrogens with one attached hydrogen (secondary N) is 1. The summed E-state index contributed by atoms with van der Waals surface area (Å²) >= 11 is 0. The van der Waals surface area contributed by atoms with Gasteiger partial charge in [0.1, 0.15) is 0 Å². The predicted octanol–water partition coefficient (Wildman–Crippen LogP) is 1.65. The van der Waals surface area contributed by atoms with E-state index < -0.39 is 28.3 Å². The lowest BCUT2D eigenvalue weighted by Crippen LogP contribution is -2.41. The average molecular weight is 420 g/mol. The highest BCUT2D eigenvalue weighted by Gasteiger charge is 2.52. The van der Waals surface area contributed by atoms with Gasteiger partial charge in [-0.05, 0) is 77.5 Å². The van der Waals surface area contributed by atoms with Crippen molar-refractivity contribution >= 4 is 28.5 Å². The highest BCUT2D eigenvalue weighted by Crippen LogP contribution is 2.40. The van der Waals surface area contributed by atoms with E-state index >= 15 is 0 Å². The van der Waals surface area contributed by atoms with Crippen LogP contribution >= 0.6 is 0 Å². The number of carbonyl (C=O) groups excluding carboxylic acids is 1. The lowest BCUT2D eigenvalue weighted by atomic mass is 9.78. The first kappa shape index (κ1) is 20.8. The van der Waals surface area contributed by atoms with Gasteiger partial charge in [0, 0.05) is 12.6 Å². The van der Waals surface area contributed by atoms with Crippen LogP contribution < -0.4 is 10.2 Å². The lowest BCUT2D eigenvalue weighted by molar-refractivity contribution is 0.00578. The van der Waals surface area contributed by atoms with E-state index in [1.807, 2.05) is 40.7 Å². The van der Waals surface area contributed by atoms with Crippen LogP contribution in [0.5, 0.6) is 0 Å². The molecule has 1 atom stereocenters. The summed E-state index contributed by atoms with van der Waals surface area (Å²) in [5.41, 5.74) is 0.517. The normalized spacial score (nSPS) is 24.1. The van der Waals surface area contributed by atoms with Crippen molar-refractivity contribution in [1.82, 2.24) is 9.62 Å². The number of benzene rings is 1. The van der Waals surface area contributed by atoms with Gasteiger partial charge in [-0.2, -0.15) is 0 Å². The third-order valence-corrected chi connectivity index (χ3v) is 8.34. The summed E-state index contributed by atoms with van der Waals surface area (Å²) in [5.74, 6) is 0.286. The first-order valence-electron chi connectivity index (χ1n) is 10.1. The maximum Gasteiger partial charge on any atom is 0.494 e. The minimum atomic E-state index is -3.83. The van der Waals surface area contributed by atoms with Crippen LogP contribution in [0.15, 0.2) is 17.0 Å². The highest BCUT2D eigenvalue weighted by atomic mass is 32.2. The van der Waals surface area contributed by atoms with E-state index in [9.17, 15) is 13.2 Å². The van der Waals surface area contributed by atoms with Crippen LogP contribution in [0.2, 0.25) is 0 Å². The standard InChI is InChI=1S/C20H29BN2O5S/c1-12(13-7-8-13)23-11-14-9-15(21-27-19(2,3)20(4,5)28-21)10-16(17(14)18(23)24)29(25,26)22-6/h9-10,12-13,22H,7-8,11H2,1-6H3/t12-/m0/s1. The van der Waals surface area contributed by atoms with Crippen molar-refractivity contribution in [3.63, 3.8) is 0 Å². The van der Waals surface area contributed by atoms with E-state index in [-0.39, 0.29) is 22.4 Å². The van der Waals surface area contributed by atoms with E-state index in [4.69, 9.17) is 9.31 Å². The Kier molecular flexibility index (Phi) is 4.70. The molecule has 3 aliphatic rings. The second kappa shape index (κ2) is 6.54. The number of fused-ring (bicyclic) bond motifs is 1. The summed E-state index contributed by atoms with van der Waals surface area (Å²) < 4.78 is 40.2. The van der Waals surface area contributed by atoms with Gasteiger partial charge in [0.2, 0.25) is 10.0 Å². The van der Waals surface area contributed by atoms with Gasteiger partial charge in [-0.1, -0.05) is 6.07 Å². The van der Waals surface area contributed by atoms with Crippen LogP contribution in [0.3, 0.4) is 0 Å². The highest BCUT2D eigenvalue weighted by molar-refractivity contribution is 7.89. The number of rotatable bonds is 5. The Hall–Kier alpha value is -1.42. The molecule has 1 aliphatic carbocycles. The predicted molar refractivity (Wildman–Crippen MR) is 110 cm³/mol. The van der Waals surface area contributed by atoms with Crippen LogP contribution in [-0.2, 0) is 25.9 Å². The first-order chi connectivity index (χ1) is 13.4. The van der Waals surface area contributed by atoms with Gasteiger partial charge >= 0.3 is 7.12 Å². The lowest BCUT2D eigenvalue weighted by Gasteiger charge is -2.32. The Morgan fingerprint density at radius 3 is 2.28 bits per heavy atom. The van der Waals surface area contributed by atoms with Crippen molar-refractivity contribution in [2.24, 2.45) is 5.92 Å². The van der Waals surface area contributed by atoms with Crippen LogP contribution in [0.1, 0.15) is 63.4 Å². The summed E-state index contributed by atoms with van der Waals surface area (Å²) in [6.45, 7) is 10.3. The molecule has 1 N–H and O–H groups in total. The molecule has 0 bridgehead atoms. The Morgan fingerprint density at radius 1 is 1.17 bits per heavy atom. The zero-order chi connectivity index (χ0) is 21.4. The van der Waals surface area contributed by atoms with Crippen molar-refractivity contribution in [3.8, 4) is 0 Å². The molecule has 2 heterocycles. The molecule has 0 radical (unpaired) electrons. The molecule has 29 heavy (non-hydrogen) atoms. The van der Waals surface area contributed by atoms with E-state index in [2.05, 4.69) is 4.72 Å². The fourth-order valence-corrected chi connectivity index (χ4v) is 5.06. The Morgan fingerprint density at radius 2 is 1.76 bits per heavy atom. The van der Waals surface area contributed by atoms with E-state index in [0.717, 1.165) is 12.8 Å². The van der Waals surface area contributed by atoms with Crippen molar-refractivity contribution < 1.29 is 22.5 Å². The minimum Gasteiger partial charge on any atom is -0.399 e. The number of carbonyl (C=O) groups is 1. The van der Waals surface area contributed by atoms with Crippen LogP contribution in [0.4, 0.5) is 0 Å². The number of hydrogen-bond donors (Lipinski definition) is 1. The smallest absolute Gasteiger partial charge is 0.399 e. The molecule has 1 amide bonds. The van der Waals surface area contributed by atoms with Crippen LogP contribution in [0.25, 0.3) is 0 Å². The summed E-state index contributed by atoms with van der Waals surface area (Å²) in [6.07, 6.45) is 2.23. The number of sulfonamides is 1. The fourth-order valence-electron chi connectivity index (χ4n) is 4.06. The van der Waals surface area contributed by atoms with E-state index in [1.165, 1.54) is 13.1 Å². The zero-order valence-electron chi connectivity index (χ0n) is 17.9. The van der Waals surface area contributed by atoms with Crippen LogP contribution in [0, 0.1) is 5.92 Å². The van der Waals surface area contributed by atoms with Crippen molar-refractivity contribution in [1.29, 1.82) is 0 Å². The van der Waals surface area contributed by atoms with Gasteiger partial charge in [0.25, 0.3) is 5.91 Å². The molecule has 1 saturated carbocycles. The SMILES string of the molecule is CNS(=O)(=O)c1cc(B2OC(C)(C)C(C)(C)O2)cc2c1C(=O)N([C@@H](C)C1CC1)C2.